The number of hydrogen-bond acceptors (Lipinski definition) is 3. The van der Waals surface area contributed by atoms with Gasteiger partial charge >= 0.3 is 0 Å². The van der Waals surface area contributed by atoms with E-state index in [9.17, 15) is 4.79 Å². The van der Waals surface area contributed by atoms with Crippen molar-refractivity contribution in [2.45, 2.75) is 39.5 Å². The van der Waals surface area contributed by atoms with E-state index in [4.69, 9.17) is 0 Å². The molecule has 0 saturated carbocycles. The number of carbonyl (C=O) groups is 1. The third-order valence-corrected chi connectivity index (χ3v) is 4.02. The Morgan fingerprint density at radius 1 is 0.929 bits per heavy atom. The molecule has 0 atom stereocenters. The van der Waals surface area contributed by atoms with Crippen LogP contribution in [0.4, 0.5) is 0 Å². The summed E-state index contributed by atoms with van der Waals surface area (Å²) in [6, 6.07) is 0. The van der Waals surface area contributed by atoms with Crippen molar-refractivity contribution in [1.29, 1.82) is 0 Å². The third-order valence-electron chi connectivity index (χ3n) is 1.81. The summed E-state index contributed by atoms with van der Waals surface area (Å²) in [5.74, 6) is 4.13. The van der Waals surface area contributed by atoms with Gasteiger partial charge in [0.1, 0.15) is 0 Å². The van der Waals surface area contributed by atoms with Crippen LogP contribution in [-0.2, 0) is 4.79 Å². The van der Waals surface area contributed by atoms with Gasteiger partial charge in [0.2, 0.25) is 0 Å². The van der Waals surface area contributed by atoms with Crippen molar-refractivity contribution in [3.8, 4) is 0 Å². The van der Waals surface area contributed by atoms with Gasteiger partial charge in [0.25, 0.3) is 0 Å². The number of Topliss-reactive ketones (excluding diaryl/α,β-unsaturated/α-hetero) is 1. The molecule has 0 rings (SSSR count). The smallest absolute Gasteiger partial charge is 0.152 e. The monoisotopic (exact) mass is 234 g/mol. The number of ketones is 1. The molecule has 0 aliphatic rings. The highest BCUT2D eigenvalue weighted by atomic mass is 32.2. The van der Waals surface area contributed by atoms with Crippen LogP contribution in [0, 0.1) is 0 Å². The van der Waals surface area contributed by atoms with Gasteiger partial charge in [0.05, 0.1) is 11.5 Å². The van der Waals surface area contributed by atoms with Crippen LogP contribution in [0.3, 0.4) is 0 Å². The molecule has 0 heterocycles. The molecule has 1 nitrogen and oxygen atoms in total. The number of carbonyl (C=O) groups excluding carboxylic acids is 1. The Hall–Kier alpha value is 0.370. The zero-order valence-electron chi connectivity index (χ0n) is 9.38. The summed E-state index contributed by atoms with van der Waals surface area (Å²) in [5, 5.41) is 0. The van der Waals surface area contributed by atoms with Crippen LogP contribution < -0.4 is 0 Å². The van der Waals surface area contributed by atoms with Gasteiger partial charge in [-0.25, -0.2) is 0 Å². The second-order valence-electron chi connectivity index (χ2n) is 3.35. The number of hydrogen-bond donors (Lipinski definition) is 0. The van der Waals surface area contributed by atoms with Crippen LogP contribution in [0.25, 0.3) is 0 Å². The van der Waals surface area contributed by atoms with E-state index >= 15 is 0 Å². The molecule has 14 heavy (non-hydrogen) atoms. The molecule has 0 bridgehead atoms. The number of rotatable bonds is 10. The minimum atomic E-state index is 0.409. The Morgan fingerprint density at radius 3 is 1.71 bits per heavy atom. The first-order valence-corrected chi connectivity index (χ1v) is 7.79. The van der Waals surface area contributed by atoms with Crippen LogP contribution in [0.15, 0.2) is 0 Å². The molecule has 0 spiro atoms. The van der Waals surface area contributed by atoms with Crippen LogP contribution >= 0.6 is 23.5 Å². The Labute approximate surface area is 96.8 Å². The molecule has 0 N–H and O–H groups in total. The zero-order valence-corrected chi connectivity index (χ0v) is 11.0. The highest BCUT2D eigenvalue weighted by Gasteiger charge is 2.01. The predicted octanol–water partition coefficient (Wildman–Crippen LogP) is 3.62. The molecule has 0 unspecified atom stereocenters. The van der Waals surface area contributed by atoms with Gasteiger partial charge in [0, 0.05) is 0 Å². The van der Waals surface area contributed by atoms with Gasteiger partial charge in [-0.15, -0.1) is 0 Å². The van der Waals surface area contributed by atoms with Gasteiger partial charge < -0.3 is 0 Å². The van der Waals surface area contributed by atoms with E-state index in [1.807, 2.05) is 0 Å². The highest BCUT2D eigenvalue weighted by molar-refractivity contribution is 8.01. The molecule has 84 valence electrons. The third kappa shape index (κ3) is 10.5. The molecule has 0 aromatic heterocycles. The van der Waals surface area contributed by atoms with Crippen LogP contribution in [0.1, 0.15) is 39.5 Å². The van der Waals surface area contributed by atoms with Gasteiger partial charge in [0.15, 0.2) is 5.78 Å². The Balaban J connectivity index is 3.11. The maximum absolute atomic E-state index is 11.3. The lowest BCUT2D eigenvalue weighted by molar-refractivity contribution is -0.114. The van der Waals surface area contributed by atoms with Gasteiger partial charge in [-0.2, -0.15) is 23.5 Å². The molecule has 3 heteroatoms. The van der Waals surface area contributed by atoms with E-state index in [-0.39, 0.29) is 0 Å². The Morgan fingerprint density at radius 2 is 1.36 bits per heavy atom. The lowest BCUT2D eigenvalue weighted by atomic mass is 10.4. The summed E-state index contributed by atoms with van der Waals surface area (Å²) < 4.78 is 0. The summed E-state index contributed by atoms with van der Waals surface area (Å²) in [5.41, 5.74) is 0. The van der Waals surface area contributed by atoms with E-state index < -0.39 is 0 Å². The topological polar surface area (TPSA) is 17.1 Å². The second kappa shape index (κ2) is 11.4. The van der Waals surface area contributed by atoms with Crippen molar-refractivity contribution >= 4 is 29.3 Å². The van der Waals surface area contributed by atoms with Gasteiger partial charge in [-0.05, 0) is 24.3 Å². The SMILES string of the molecule is CCCCSCC(=O)CSCCCC. The zero-order chi connectivity index (χ0) is 10.6. The summed E-state index contributed by atoms with van der Waals surface area (Å²) in [4.78, 5) is 11.3. The summed E-state index contributed by atoms with van der Waals surface area (Å²) in [6.45, 7) is 4.37. The number of unbranched alkanes of at least 4 members (excludes halogenated alkanes) is 2. The van der Waals surface area contributed by atoms with Crippen molar-refractivity contribution in [3.63, 3.8) is 0 Å². The van der Waals surface area contributed by atoms with Crippen molar-refractivity contribution in [2.24, 2.45) is 0 Å². The highest BCUT2D eigenvalue weighted by Crippen LogP contribution is 2.09. The van der Waals surface area contributed by atoms with E-state index in [0.29, 0.717) is 5.78 Å². The standard InChI is InChI=1S/C11H22OS2/c1-3-5-7-13-9-11(12)10-14-8-6-4-2/h3-10H2,1-2H3. The largest absolute Gasteiger partial charge is 0.298 e. The molecule has 0 aliphatic heterocycles. The van der Waals surface area contributed by atoms with Crippen molar-refractivity contribution in [2.75, 3.05) is 23.0 Å². The Bertz CT molecular complexity index is 123. The van der Waals surface area contributed by atoms with E-state index in [0.717, 1.165) is 23.0 Å². The molecule has 0 saturated heterocycles. The van der Waals surface area contributed by atoms with Crippen LogP contribution in [0.5, 0.6) is 0 Å². The van der Waals surface area contributed by atoms with Crippen molar-refractivity contribution in [1.82, 2.24) is 0 Å². The van der Waals surface area contributed by atoms with Crippen LogP contribution in [0.2, 0.25) is 0 Å². The summed E-state index contributed by atoms with van der Waals surface area (Å²) in [7, 11) is 0. The first-order valence-electron chi connectivity index (χ1n) is 5.48. The normalized spacial score (nSPS) is 10.4. The molecule has 0 fully saturated rings. The van der Waals surface area contributed by atoms with Crippen molar-refractivity contribution in [3.05, 3.63) is 0 Å². The fourth-order valence-electron chi connectivity index (χ4n) is 0.906. The van der Waals surface area contributed by atoms with Crippen LogP contribution in [-0.4, -0.2) is 28.8 Å². The molecule has 0 aromatic carbocycles. The fourth-order valence-corrected chi connectivity index (χ4v) is 2.97. The summed E-state index contributed by atoms with van der Waals surface area (Å²) >= 11 is 3.57. The maximum Gasteiger partial charge on any atom is 0.152 e. The minimum absolute atomic E-state index is 0.409. The predicted molar refractivity (Wildman–Crippen MR) is 69.5 cm³/mol. The summed E-state index contributed by atoms with van der Waals surface area (Å²) in [6.07, 6.45) is 4.93. The van der Waals surface area contributed by atoms with E-state index in [2.05, 4.69) is 13.8 Å². The molecule has 0 aromatic rings. The van der Waals surface area contributed by atoms with E-state index in [1.54, 1.807) is 23.5 Å². The average Bonchev–Trinajstić information content (AvgIpc) is 2.19. The van der Waals surface area contributed by atoms with Crippen molar-refractivity contribution < 1.29 is 4.79 Å². The second-order valence-corrected chi connectivity index (χ2v) is 5.56. The van der Waals surface area contributed by atoms with Gasteiger partial charge in [-0.1, -0.05) is 26.7 Å². The average molecular weight is 234 g/mol. The lowest BCUT2D eigenvalue weighted by Gasteiger charge is -2.00. The van der Waals surface area contributed by atoms with E-state index in [1.165, 1.54) is 25.7 Å². The molecule has 0 aliphatic carbocycles. The van der Waals surface area contributed by atoms with Gasteiger partial charge in [-0.3, -0.25) is 4.79 Å². The molecule has 0 radical (unpaired) electrons. The lowest BCUT2D eigenvalue weighted by Crippen LogP contribution is -2.05. The fraction of sp³-hybridized carbons (Fsp3) is 0.909. The minimum Gasteiger partial charge on any atom is -0.298 e. The molecule has 0 amide bonds. The maximum atomic E-state index is 11.3. The number of thioether (sulfide) groups is 2. The Kier molecular flexibility index (Phi) is 11.7. The first kappa shape index (κ1) is 14.4. The first-order chi connectivity index (χ1) is 6.81. The molecular formula is C11H22OS2. The quantitative estimate of drug-likeness (QED) is 0.537. The molecular weight excluding hydrogens is 212 g/mol.